The second-order valence-electron chi connectivity index (χ2n) is 6.76. The number of hydrogen-bond acceptors (Lipinski definition) is 2. The van der Waals surface area contributed by atoms with E-state index < -0.39 is 0 Å². The van der Waals surface area contributed by atoms with Crippen molar-refractivity contribution < 1.29 is 4.74 Å². The van der Waals surface area contributed by atoms with Crippen LogP contribution in [0.15, 0.2) is 72.8 Å². The zero-order chi connectivity index (χ0) is 19.9. The van der Waals surface area contributed by atoms with E-state index >= 15 is 0 Å². The van der Waals surface area contributed by atoms with Crippen molar-refractivity contribution in [3.05, 3.63) is 95.1 Å². The molecule has 3 aromatic carbocycles. The molecule has 28 heavy (non-hydrogen) atoms. The van der Waals surface area contributed by atoms with Crippen molar-refractivity contribution in [2.45, 2.75) is 26.8 Å². The molecule has 0 aliphatic heterocycles. The molecule has 0 amide bonds. The van der Waals surface area contributed by atoms with Gasteiger partial charge in [-0.05, 0) is 73.9 Å². The Morgan fingerprint density at radius 2 is 1.68 bits per heavy atom. The summed E-state index contributed by atoms with van der Waals surface area (Å²) < 4.78 is 5.49. The molecule has 0 spiro atoms. The molecule has 0 saturated carbocycles. The average Bonchev–Trinajstić information content (AvgIpc) is 2.69. The van der Waals surface area contributed by atoms with Crippen molar-refractivity contribution in [1.82, 2.24) is 5.32 Å². The summed E-state index contributed by atoms with van der Waals surface area (Å²) in [5.41, 5.74) is 5.81. The maximum Gasteiger partial charge on any atom is 0.171 e. The van der Waals surface area contributed by atoms with Crippen molar-refractivity contribution in [1.29, 1.82) is 0 Å². The van der Waals surface area contributed by atoms with Crippen LogP contribution in [-0.4, -0.2) is 11.7 Å². The molecule has 0 bridgehead atoms. The Balaban J connectivity index is 1.80. The minimum absolute atomic E-state index is 0.0236. The van der Waals surface area contributed by atoms with Gasteiger partial charge in [0.15, 0.2) is 5.11 Å². The molecular weight excluding hydrogens is 364 g/mol. The standard InChI is InChI=1S/C24H26N2OS/c1-4-27-21-13-11-20(12-14-21)25-24(28)26-23(19-8-6-5-7-9-19)22-15-10-17(2)16-18(22)3/h5-16,23H,4H2,1-3H3,(H2,25,26,28). The highest BCUT2D eigenvalue weighted by Crippen LogP contribution is 2.26. The monoisotopic (exact) mass is 390 g/mol. The Hall–Kier alpha value is -2.85. The molecule has 0 heterocycles. The summed E-state index contributed by atoms with van der Waals surface area (Å²) in [6, 6.07) is 24.7. The van der Waals surface area contributed by atoms with E-state index in [9.17, 15) is 0 Å². The van der Waals surface area contributed by atoms with Crippen LogP contribution in [0, 0.1) is 13.8 Å². The molecule has 0 aliphatic rings. The highest BCUT2D eigenvalue weighted by atomic mass is 32.1. The summed E-state index contributed by atoms with van der Waals surface area (Å²) in [4.78, 5) is 0. The molecule has 0 aliphatic carbocycles. The molecule has 0 fully saturated rings. The number of benzene rings is 3. The fraction of sp³-hybridized carbons (Fsp3) is 0.208. The molecule has 0 aromatic heterocycles. The van der Waals surface area contributed by atoms with Gasteiger partial charge in [0.25, 0.3) is 0 Å². The Bertz CT molecular complexity index is 923. The van der Waals surface area contributed by atoms with Crippen LogP contribution in [0.1, 0.15) is 35.2 Å². The first kappa shape index (κ1) is 19.9. The highest BCUT2D eigenvalue weighted by molar-refractivity contribution is 7.80. The second kappa shape index (κ2) is 9.38. The van der Waals surface area contributed by atoms with Gasteiger partial charge in [0.1, 0.15) is 5.75 Å². The Labute approximate surface area is 172 Å². The number of hydrogen-bond donors (Lipinski definition) is 2. The molecule has 2 N–H and O–H groups in total. The van der Waals surface area contributed by atoms with Crippen molar-refractivity contribution in [2.24, 2.45) is 0 Å². The van der Waals surface area contributed by atoms with E-state index in [-0.39, 0.29) is 6.04 Å². The van der Waals surface area contributed by atoms with Crippen molar-refractivity contribution >= 4 is 23.0 Å². The first-order valence-corrected chi connectivity index (χ1v) is 9.90. The maximum atomic E-state index is 5.61. The van der Waals surface area contributed by atoms with Gasteiger partial charge in [-0.2, -0.15) is 0 Å². The van der Waals surface area contributed by atoms with Gasteiger partial charge in [-0.3, -0.25) is 0 Å². The van der Waals surface area contributed by atoms with E-state index in [1.807, 2.05) is 37.3 Å². The van der Waals surface area contributed by atoms with Crippen LogP contribution < -0.4 is 15.4 Å². The molecule has 3 nitrogen and oxygen atoms in total. The SMILES string of the molecule is CCOc1ccc(NC(=S)NC(c2ccccc2)c2ccc(C)cc2C)cc1. The van der Waals surface area contributed by atoms with Crippen LogP contribution in [0.5, 0.6) is 5.75 Å². The smallest absolute Gasteiger partial charge is 0.171 e. The van der Waals surface area contributed by atoms with Gasteiger partial charge in [-0.15, -0.1) is 0 Å². The highest BCUT2D eigenvalue weighted by Gasteiger charge is 2.17. The van der Waals surface area contributed by atoms with Gasteiger partial charge in [0.2, 0.25) is 0 Å². The summed E-state index contributed by atoms with van der Waals surface area (Å²) in [5.74, 6) is 0.851. The number of ether oxygens (including phenoxy) is 1. The topological polar surface area (TPSA) is 33.3 Å². The predicted molar refractivity (Wildman–Crippen MR) is 121 cm³/mol. The number of thiocarbonyl (C=S) groups is 1. The van der Waals surface area contributed by atoms with E-state index in [2.05, 4.69) is 66.9 Å². The Morgan fingerprint density at radius 1 is 0.964 bits per heavy atom. The van der Waals surface area contributed by atoms with E-state index in [1.165, 1.54) is 22.3 Å². The average molecular weight is 391 g/mol. The first-order valence-electron chi connectivity index (χ1n) is 9.49. The normalized spacial score (nSPS) is 11.5. The molecular formula is C24H26N2OS. The Morgan fingerprint density at radius 3 is 2.32 bits per heavy atom. The zero-order valence-corrected chi connectivity index (χ0v) is 17.3. The molecule has 144 valence electrons. The third-order valence-electron chi connectivity index (χ3n) is 4.57. The molecule has 1 atom stereocenters. The summed E-state index contributed by atoms with van der Waals surface area (Å²) in [6.07, 6.45) is 0. The summed E-state index contributed by atoms with van der Waals surface area (Å²) >= 11 is 5.61. The third kappa shape index (κ3) is 5.11. The number of nitrogens with one attached hydrogen (secondary N) is 2. The van der Waals surface area contributed by atoms with Gasteiger partial charge in [-0.25, -0.2) is 0 Å². The molecule has 4 heteroatoms. The van der Waals surface area contributed by atoms with Crippen molar-refractivity contribution in [2.75, 3.05) is 11.9 Å². The van der Waals surface area contributed by atoms with Crippen LogP contribution in [0.25, 0.3) is 0 Å². The lowest BCUT2D eigenvalue weighted by Gasteiger charge is -2.24. The van der Waals surface area contributed by atoms with Gasteiger partial charge in [-0.1, -0.05) is 54.1 Å². The van der Waals surface area contributed by atoms with Crippen LogP contribution in [0.3, 0.4) is 0 Å². The largest absolute Gasteiger partial charge is 0.494 e. The van der Waals surface area contributed by atoms with E-state index in [4.69, 9.17) is 17.0 Å². The third-order valence-corrected chi connectivity index (χ3v) is 4.79. The van der Waals surface area contributed by atoms with E-state index in [0.717, 1.165) is 11.4 Å². The second-order valence-corrected chi connectivity index (χ2v) is 7.17. The molecule has 0 saturated heterocycles. The Kier molecular flexibility index (Phi) is 6.66. The van der Waals surface area contributed by atoms with Gasteiger partial charge < -0.3 is 15.4 Å². The molecule has 3 rings (SSSR count). The fourth-order valence-electron chi connectivity index (χ4n) is 3.24. The fourth-order valence-corrected chi connectivity index (χ4v) is 3.47. The first-order chi connectivity index (χ1) is 13.6. The van der Waals surface area contributed by atoms with E-state index in [0.29, 0.717) is 11.7 Å². The van der Waals surface area contributed by atoms with Crippen LogP contribution >= 0.6 is 12.2 Å². The van der Waals surface area contributed by atoms with Crippen molar-refractivity contribution in [3.63, 3.8) is 0 Å². The van der Waals surface area contributed by atoms with Gasteiger partial charge >= 0.3 is 0 Å². The minimum Gasteiger partial charge on any atom is -0.494 e. The number of rotatable bonds is 6. The van der Waals surface area contributed by atoms with Crippen molar-refractivity contribution in [3.8, 4) is 5.75 Å². The van der Waals surface area contributed by atoms with Gasteiger partial charge in [0.05, 0.1) is 12.6 Å². The number of aryl methyl sites for hydroxylation is 2. The van der Waals surface area contributed by atoms with Crippen LogP contribution in [0.4, 0.5) is 5.69 Å². The summed E-state index contributed by atoms with van der Waals surface area (Å²) in [7, 11) is 0. The van der Waals surface area contributed by atoms with Gasteiger partial charge in [0, 0.05) is 5.69 Å². The maximum absolute atomic E-state index is 5.61. The van der Waals surface area contributed by atoms with E-state index in [1.54, 1.807) is 0 Å². The molecule has 0 radical (unpaired) electrons. The lowest BCUT2D eigenvalue weighted by atomic mass is 9.94. The molecule has 1 unspecified atom stereocenters. The van der Waals surface area contributed by atoms with Crippen LogP contribution in [-0.2, 0) is 0 Å². The summed E-state index contributed by atoms with van der Waals surface area (Å²) in [5, 5.41) is 7.35. The van der Waals surface area contributed by atoms with Crippen LogP contribution in [0.2, 0.25) is 0 Å². The lowest BCUT2D eigenvalue weighted by Crippen LogP contribution is -2.33. The lowest BCUT2D eigenvalue weighted by molar-refractivity contribution is 0.340. The number of anilines is 1. The zero-order valence-electron chi connectivity index (χ0n) is 16.5. The minimum atomic E-state index is -0.0236. The molecule has 3 aromatic rings. The quantitative estimate of drug-likeness (QED) is 0.523. The summed E-state index contributed by atoms with van der Waals surface area (Å²) in [6.45, 7) is 6.88. The predicted octanol–water partition coefficient (Wildman–Crippen LogP) is 5.78.